The number of carbonyl (C=O) groups excluding carboxylic acids is 1. The zero-order valence-corrected chi connectivity index (χ0v) is 16.1. The van der Waals surface area contributed by atoms with Gasteiger partial charge in [-0.2, -0.15) is 14.7 Å². The molecule has 9 heteroatoms. The zero-order valence-electron chi connectivity index (χ0n) is 16.1. The summed E-state index contributed by atoms with van der Waals surface area (Å²) < 4.78 is 8.00. The van der Waals surface area contributed by atoms with E-state index in [4.69, 9.17) is 21.2 Å². The minimum atomic E-state index is -0.226. The lowest BCUT2D eigenvalue weighted by Crippen LogP contribution is -2.19. The summed E-state index contributed by atoms with van der Waals surface area (Å²) in [4.78, 5) is 16.4. The number of nitrogen functional groups attached to an aromatic ring is 1. The molecule has 0 aliphatic carbocycles. The highest BCUT2D eigenvalue weighted by atomic mass is 16.5. The Morgan fingerprint density at radius 1 is 1.36 bits per heavy atom. The molecular weight excluding hydrogens is 358 g/mol. The predicted octanol–water partition coefficient (Wildman–Crippen LogP) is 1.91. The number of carbonyl (C=O) groups is 1. The number of methoxy groups -OCH3 is 1. The number of esters is 1. The summed E-state index contributed by atoms with van der Waals surface area (Å²) >= 11 is 0. The molecule has 148 valence electrons. The first-order chi connectivity index (χ1) is 13.5. The van der Waals surface area contributed by atoms with Crippen LogP contribution in [0.5, 0.6) is 0 Å². The van der Waals surface area contributed by atoms with Crippen molar-refractivity contribution in [2.75, 3.05) is 19.4 Å². The summed E-state index contributed by atoms with van der Waals surface area (Å²) in [5, 5.41) is 8.54. The number of nitrogens with two attached hydrogens (primary N) is 2. The average Bonchev–Trinajstić information content (AvgIpc) is 3.34. The first kappa shape index (κ1) is 19.6. The number of rotatable bonds is 8. The summed E-state index contributed by atoms with van der Waals surface area (Å²) in [5.41, 5.74) is 15.3. The fourth-order valence-corrected chi connectivity index (χ4v) is 3.15. The van der Waals surface area contributed by atoms with Crippen LogP contribution in [0.4, 0.5) is 5.82 Å². The monoisotopic (exact) mass is 383 g/mol. The number of hydrogen-bond acceptors (Lipinski definition) is 7. The van der Waals surface area contributed by atoms with Crippen LogP contribution in [0.1, 0.15) is 31.4 Å². The Labute approximate surface area is 163 Å². The second kappa shape index (κ2) is 8.22. The third kappa shape index (κ3) is 3.74. The maximum atomic E-state index is 11.7. The van der Waals surface area contributed by atoms with E-state index in [2.05, 4.69) is 16.8 Å². The Kier molecular flexibility index (Phi) is 5.74. The van der Waals surface area contributed by atoms with Crippen LogP contribution < -0.4 is 11.5 Å². The Balaban J connectivity index is 1.93. The average molecular weight is 383 g/mol. The minimum absolute atomic E-state index is 0.0296. The molecule has 3 heterocycles. The van der Waals surface area contributed by atoms with Crippen LogP contribution in [0.25, 0.3) is 23.0 Å². The topological polar surface area (TPSA) is 126 Å². The molecule has 0 spiro atoms. The van der Waals surface area contributed by atoms with E-state index in [1.165, 1.54) is 7.11 Å². The maximum Gasteiger partial charge on any atom is 0.308 e. The lowest BCUT2D eigenvalue weighted by molar-refractivity contribution is -0.145. The van der Waals surface area contributed by atoms with Gasteiger partial charge in [-0.15, -0.1) is 0 Å². The van der Waals surface area contributed by atoms with E-state index >= 15 is 0 Å². The molecule has 4 N–H and O–H groups in total. The number of fused-ring (bicyclic) bond motifs is 1. The second-order valence-corrected chi connectivity index (χ2v) is 6.73. The third-order valence-corrected chi connectivity index (χ3v) is 4.87. The summed E-state index contributed by atoms with van der Waals surface area (Å²) in [7, 11) is 1.39. The zero-order chi connectivity index (χ0) is 20.3. The smallest absolute Gasteiger partial charge is 0.308 e. The van der Waals surface area contributed by atoms with Gasteiger partial charge in [0.1, 0.15) is 5.82 Å². The molecule has 0 radical (unpaired) electrons. The van der Waals surface area contributed by atoms with E-state index in [0.717, 1.165) is 16.8 Å². The van der Waals surface area contributed by atoms with Gasteiger partial charge in [0.25, 0.3) is 0 Å². The maximum absolute atomic E-state index is 11.7. The normalized spacial score (nSPS) is 13.4. The number of nitrogens with zero attached hydrogens (tertiary/aromatic N) is 5. The summed E-state index contributed by atoms with van der Waals surface area (Å²) in [5.74, 6) is 0.0197. The standard InChI is InChI=1S/C19H25N7O2/c1-4-25-11-14(9-22-25)15-10-23-26-17(21)7-16(24-18(15)26)13(8-20)6-5-12(2)19(27)28-3/h4,7,9-13H,1,5-6,8,20-21H2,2-3H3. The van der Waals surface area contributed by atoms with Crippen molar-refractivity contribution in [2.45, 2.75) is 25.7 Å². The van der Waals surface area contributed by atoms with Crippen molar-refractivity contribution in [1.29, 1.82) is 0 Å². The molecule has 2 atom stereocenters. The van der Waals surface area contributed by atoms with E-state index in [9.17, 15) is 4.79 Å². The molecule has 2 unspecified atom stereocenters. The van der Waals surface area contributed by atoms with Crippen LogP contribution in [0.15, 0.2) is 31.2 Å². The highest BCUT2D eigenvalue weighted by Crippen LogP contribution is 2.28. The number of anilines is 1. The largest absolute Gasteiger partial charge is 0.469 e. The van der Waals surface area contributed by atoms with Gasteiger partial charge in [-0.05, 0) is 12.8 Å². The summed E-state index contributed by atoms with van der Waals surface area (Å²) in [6.45, 7) is 5.94. The molecule has 3 rings (SSSR count). The van der Waals surface area contributed by atoms with Crippen LogP contribution >= 0.6 is 0 Å². The molecule has 3 aromatic rings. The van der Waals surface area contributed by atoms with Crippen LogP contribution in [0.3, 0.4) is 0 Å². The van der Waals surface area contributed by atoms with Crippen molar-refractivity contribution in [3.05, 3.63) is 36.9 Å². The van der Waals surface area contributed by atoms with Gasteiger partial charge in [0.05, 0.1) is 31.1 Å². The predicted molar refractivity (Wildman–Crippen MR) is 107 cm³/mol. The number of aromatic nitrogens is 5. The molecule has 28 heavy (non-hydrogen) atoms. The SMILES string of the molecule is C=Cn1cc(-c2cnn3c(N)cc(C(CN)CCC(C)C(=O)OC)nc23)cn1. The van der Waals surface area contributed by atoms with E-state index < -0.39 is 0 Å². The molecular formula is C19H25N7O2. The van der Waals surface area contributed by atoms with Crippen LogP contribution in [-0.4, -0.2) is 44.0 Å². The van der Waals surface area contributed by atoms with Gasteiger partial charge < -0.3 is 16.2 Å². The molecule has 0 amide bonds. The number of hydrogen-bond donors (Lipinski definition) is 2. The van der Waals surface area contributed by atoms with E-state index in [-0.39, 0.29) is 17.8 Å². The Morgan fingerprint density at radius 3 is 2.79 bits per heavy atom. The van der Waals surface area contributed by atoms with Crippen molar-refractivity contribution in [2.24, 2.45) is 11.7 Å². The van der Waals surface area contributed by atoms with Gasteiger partial charge in [-0.3, -0.25) is 4.79 Å². The van der Waals surface area contributed by atoms with Crippen molar-refractivity contribution >= 4 is 23.6 Å². The van der Waals surface area contributed by atoms with Gasteiger partial charge >= 0.3 is 5.97 Å². The first-order valence-corrected chi connectivity index (χ1v) is 9.07. The van der Waals surface area contributed by atoms with Crippen LogP contribution in [0, 0.1) is 5.92 Å². The molecule has 0 bridgehead atoms. The quantitative estimate of drug-likeness (QED) is 0.569. The molecule has 9 nitrogen and oxygen atoms in total. The molecule has 0 fully saturated rings. The molecule has 0 aromatic carbocycles. The lowest BCUT2D eigenvalue weighted by atomic mass is 9.94. The van der Waals surface area contributed by atoms with Gasteiger partial charge in [-0.25, -0.2) is 9.67 Å². The molecule has 0 aliphatic heterocycles. The highest BCUT2D eigenvalue weighted by Gasteiger charge is 2.20. The third-order valence-electron chi connectivity index (χ3n) is 4.87. The summed E-state index contributed by atoms with van der Waals surface area (Å²) in [6.07, 6.45) is 8.24. The van der Waals surface area contributed by atoms with E-state index in [1.54, 1.807) is 33.9 Å². The highest BCUT2D eigenvalue weighted by molar-refractivity contribution is 5.77. The molecule has 3 aromatic heterocycles. The van der Waals surface area contributed by atoms with Gasteiger partial charge in [-0.1, -0.05) is 13.5 Å². The minimum Gasteiger partial charge on any atom is -0.469 e. The van der Waals surface area contributed by atoms with Crippen molar-refractivity contribution in [1.82, 2.24) is 24.4 Å². The Hall–Kier alpha value is -3.20. The Morgan fingerprint density at radius 2 is 2.14 bits per heavy atom. The van der Waals surface area contributed by atoms with Gasteiger partial charge in [0.2, 0.25) is 0 Å². The van der Waals surface area contributed by atoms with Crippen LogP contribution in [-0.2, 0) is 9.53 Å². The first-order valence-electron chi connectivity index (χ1n) is 9.07. The van der Waals surface area contributed by atoms with E-state index in [0.29, 0.717) is 30.9 Å². The summed E-state index contributed by atoms with van der Waals surface area (Å²) in [6, 6.07) is 1.79. The Bertz CT molecular complexity index is 991. The van der Waals surface area contributed by atoms with Crippen molar-refractivity contribution in [3.63, 3.8) is 0 Å². The molecule has 0 saturated heterocycles. The van der Waals surface area contributed by atoms with Crippen molar-refractivity contribution < 1.29 is 9.53 Å². The molecule has 0 aliphatic rings. The number of ether oxygens (including phenoxy) is 1. The van der Waals surface area contributed by atoms with Gasteiger partial charge in [0.15, 0.2) is 5.65 Å². The van der Waals surface area contributed by atoms with Crippen LogP contribution in [0.2, 0.25) is 0 Å². The van der Waals surface area contributed by atoms with Crippen molar-refractivity contribution in [3.8, 4) is 11.1 Å². The fraction of sp³-hybridized carbons (Fsp3) is 0.368. The fourth-order valence-electron chi connectivity index (χ4n) is 3.15. The van der Waals surface area contributed by atoms with E-state index in [1.807, 2.05) is 13.1 Å². The second-order valence-electron chi connectivity index (χ2n) is 6.73. The molecule has 0 saturated carbocycles. The lowest BCUT2D eigenvalue weighted by Gasteiger charge is -2.17. The van der Waals surface area contributed by atoms with Gasteiger partial charge in [0, 0.05) is 42.1 Å².